The van der Waals surface area contributed by atoms with Gasteiger partial charge in [0.25, 0.3) is 0 Å². The maximum Gasteiger partial charge on any atom is 0.165 e. The van der Waals surface area contributed by atoms with Gasteiger partial charge < -0.3 is 10.3 Å². The quantitative estimate of drug-likeness (QED) is 0.880. The zero-order chi connectivity index (χ0) is 11.5. The van der Waals surface area contributed by atoms with Gasteiger partial charge in [-0.1, -0.05) is 22.9 Å². The van der Waals surface area contributed by atoms with Gasteiger partial charge in [0.05, 0.1) is 0 Å². The van der Waals surface area contributed by atoms with Gasteiger partial charge in [-0.25, -0.2) is 0 Å². The van der Waals surface area contributed by atoms with Gasteiger partial charge in [0.2, 0.25) is 0 Å². The van der Waals surface area contributed by atoms with Crippen LogP contribution in [0.15, 0.2) is 29.0 Å². The summed E-state index contributed by atoms with van der Waals surface area (Å²) >= 11 is 3.43. The Balaban J connectivity index is 2.49. The van der Waals surface area contributed by atoms with E-state index in [-0.39, 0.29) is 0 Å². The first-order valence-corrected chi connectivity index (χ1v) is 5.95. The first-order chi connectivity index (χ1) is 7.72. The second-order valence-corrected chi connectivity index (χ2v) is 4.50. The minimum Gasteiger partial charge on any atom is -0.398 e. The minimum absolute atomic E-state index is 0.716. The number of aryl methyl sites for hydroxylation is 1. The molecule has 1 heterocycles. The molecule has 0 unspecified atom stereocenters. The molecule has 2 N–H and O–H groups in total. The summed E-state index contributed by atoms with van der Waals surface area (Å²) < 4.78 is 3.00. The monoisotopic (exact) mass is 280 g/mol. The van der Waals surface area contributed by atoms with Gasteiger partial charge in [-0.15, -0.1) is 10.2 Å². The molecule has 0 bridgehead atoms. The van der Waals surface area contributed by atoms with Crippen molar-refractivity contribution in [3.8, 4) is 11.4 Å². The molecule has 0 fully saturated rings. The highest BCUT2D eigenvalue weighted by molar-refractivity contribution is 9.10. The lowest BCUT2D eigenvalue weighted by Gasteiger charge is -2.07. The van der Waals surface area contributed by atoms with Crippen molar-refractivity contribution in [3.63, 3.8) is 0 Å². The second-order valence-electron chi connectivity index (χ2n) is 3.58. The van der Waals surface area contributed by atoms with Gasteiger partial charge in [0, 0.05) is 22.3 Å². The van der Waals surface area contributed by atoms with E-state index >= 15 is 0 Å². The van der Waals surface area contributed by atoms with Gasteiger partial charge in [-0.3, -0.25) is 0 Å². The molecule has 2 aromatic rings. The minimum atomic E-state index is 0.716. The van der Waals surface area contributed by atoms with Crippen LogP contribution in [0, 0.1) is 0 Å². The van der Waals surface area contributed by atoms with Crippen LogP contribution in [0.3, 0.4) is 0 Å². The lowest BCUT2D eigenvalue weighted by Crippen LogP contribution is -2.00. The van der Waals surface area contributed by atoms with E-state index in [2.05, 4.69) is 33.1 Å². The number of hydrogen-bond donors (Lipinski definition) is 1. The summed E-state index contributed by atoms with van der Waals surface area (Å²) in [5, 5.41) is 8.05. The van der Waals surface area contributed by atoms with Crippen molar-refractivity contribution < 1.29 is 0 Å². The van der Waals surface area contributed by atoms with Gasteiger partial charge in [0.1, 0.15) is 6.33 Å². The first-order valence-electron chi connectivity index (χ1n) is 5.15. The Morgan fingerprint density at radius 3 is 3.00 bits per heavy atom. The molecule has 0 atom stereocenters. The van der Waals surface area contributed by atoms with Crippen LogP contribution in [-0.2, 0) is 6.54 Å². The van der Waals surface area contributed by atoms with Crippen LogP contribution in [0.4, 0.5) is 5.69 Å². The summed E-state index contributed by atoms with van der Waals surface area (Å²) in [5.41, 5.74) is 7.58. The number of anilines is 1. The molecule has 16 heavy (non-hydrogen) atoms. The van der Waals surface area contributed by atoms with Gasteiger partial charge in [0.15, 0.2) is 5.82 Å². The number of nitrogens with two attached hydrogens (primary N) is 1. The number of rotatable bonds is 3. The molecule has 2 rings (SSSR count). The molecule has 0 amide bonds. The number of nitrogen functional groups attached to an aromatic ring is 1. The number of halogens is 1. The highest BCUT2D eigenvalue weighted by Crippen LogP contribution is 2.27. The highest BCUT2D eigenvalue weighted by Gasteiger charge is 2.10. The lowest BCUT2D eigenvalue weighted by atomic mass is 10.1. The fourth-order valence-corrected chi connectivity index (χ4v) is 1.95. The average Bonchev–Trinajstić information content (AvgIpc) is 2.70. The topological polar surface area (TPSA) is 56.7 Å². The molecule has 0 spiro atoms. The van der Waals surface area contributed by atoms with Crippen molar-refractivity contribution in [1.82, 2.24) is 14.8 Å². The van der Waals surface area contributed by atoms with Crippen molar-refractivity contribution in [1.29, 1.82) is 0 Å². The van der Waals surface area contributed by atoms with E-state index in [4.69, 9.17) is 5.73 Å². The Bertz CT molecular complexity index is 492. The normalized spacial score (nSPS) is 10.6. The Kier molecular flexibility index (Phi) is 3.24. The van der Waals surface area contributed by atoms with Crippen LogP contribution in [0.1, 0.15) is 13.3 Å². The molecule has 0 radical (unpaired) electrons. The van der Waals surface area contributed by atoms with Crippen molar-refractivity contribution in [3.05, 3.63) is 29.0 Å². The molecule has 0 aliphatic carbocycles. The van der Waals surface area contributed by atoms with Crippen LogP contribution in [-0.4, -0.2) is 14.8 Å². The predicted octanol–water partition coefficient (Wildman–Crippen LogP) is 2.70. The van der Waals surface area contributed by atoms with Gasteiger partial charge in [-0.2, -0.15) is 0 Å². The Morgan fingerprint density at radius 1 is 1.44 bits per heavy atom. The SMILES string of the molecule is CCCn1cnnc1-c1cc(Br)ccc1N. The molecule has 0 saturated carbocycles. The van der Waals surface area contributed by atoms with Crippen LogP contribution in [0.5, 0.6) is 0 Å². The molecule has 0 saturated heterocycles. The maximum atomic E-state index is 5.94. The lowest BCUT2D eigenvalue weighted by molar-refractivity contribution is 0.683. The standard InChI is InChI=1S/C11H13BrN4/c1-2-5-16-7-14-15-11(16)9-6-8(12)3-4-10(9)13/h3-4,6-7H,2,5,13H2,1H3. The maximum absolute atomic E-state index is 5.94. The fourth-order valence-electron chi connectivity index (χ4n) is 1.59. The largest absolute Gasteiger partial charge is 0.398 e. The number of aromatic nitrogens is 3. The number of nitrogens with zero attached hydrogens (tertiary/aromatic N) is 3. The van der Waals surface area contributed by atoms with Crippen LogP contribution >= 0.6 is 15.9 Å². The van der Waals surface area contributed by atoms with Crippen LogP contribution in [0.25, 0.3) is 11.4 Å². The third-order valence-corrected chi connectivity index (χ3v) is 2.83. The molecular formula is C11H13BrN4. The summed E-state index contributed by atoms with van der Waals surface area (Å²) in [7, 11) is 0. The summed E-state index contributed by atoms with van der Waals surface area (Å²) in [5.74, 6) is 0.820. The van der Waals surface area contributed by atoms with Crippen molar-refractivity contribution >= 4 is 21.6 Å². The highest BCUT2D eigenvalue weighted by atomic mass is 79.9. The average molecular weight is 281 g/mol. The predicted molar refractivity (Wildman–Crippen MR) is 67.9 cm³/mol. The molecule has 4 nitrogen and oxygen atoms in total. The Morgan fingerprint density at radius 2 is 2.25 bits per heavy atom. The number of benzene rings is 1. The third kappa shape index (κ3) is 2.09. The number of hydrogen-bond acceptors (Lipinski definition) is 3. The molecule has 1 aromatic heterocycles. The molecule has 0 aliphatic rings. The van der Waals surface area contributed by atoms with E-state index in [1.54, 1.807) is 6.33 Å². The summed E-state index contributed by atoms with van der Waals surface area (Å²) in [6, 6.07) is 5.75. The van der Waals surface area contributed by atoms with Crippen LogP contribution < -0.4 is 5.73 Å². The molecule has 5 heteroatoms. The van der Waals surface area contributed by atoms with Crippen molar-refractivity contribution in [2.75, 3.05) is 5.73 Å². The summed E-state index contributed by atoms with van der Waals surface area (Å²) in [6.07, 6.45) is 2.78. The molecule has 0 aliphatic heterocycles. The summed E-state index contributed by atoms with van der Waals surface area (Å²) in [4.78, 5) is 0. The van der Waals surface area contributed by atoms with E-state index in [9.17, 15) is 0 Å². The fraction of sp³-hybridized carbons (Fsp3) is 0.273. The molecule has 1 aromatic carbocycles. The zero-order valence-electron chi connectivity index (χ0n) is 9.02. The van der Waals surface area contributed by atoms with Gasteiger partial charge in [-0.05, 0) is 24.6 Å². The van der Waals surface area contributed by atoms with Crippen molar-refractivity contribution in [2.24, 2.45) is 0 Å². The zero-order valence-corrected chi connectivity index (χ0v) is 10.6. The van der Waals surface area contributed by atoms with E-state index in [1.807, 2.05) is 22.8 Å². The Hall–Kier alpha value is -1.36. The first kappa shape index (κ1) is 11.1. The van der Waals surface area contributed by atoms with E-state index in [0.717, 1.165) is 28.8 Å². The van der Waals surface area contributed by atoms with E-state index in [1.165, 1.54) is 0 Å². The smallest absolute Gasteiger partial charge is 0.165 e. The molecule has 84 valence electrons. The van der Waals surface area contributed by atoms with Crippen molar-refractivity contribution in [2.45, 2.75) is 19.9 Å². The third-order valence-electron chi connectivity index (χ3n) is 2.34. The van der Waals surface area contributed by atoms with Gasteiger partial charge >= 0.3 is 0 Å². The second kappa shape index (κ2) is 4.65. The van der Waals surface area contributed by atoms with E-state index in [0.29, 0.717) is 5.69 Å². The van der Waals surface area contributed by atoms with E-state index < -0.39 is 0 Å². The molecular weight excluding hydrogens is 268 g/mol. The Labute approximate surface area is 103 Å². The van der Waals surface area contributed by atoms with Crippen LogP contribution in [0.2, 0.25) is 0 Å². The summed E-state index contributed by atoms with van der Waals surface area (Å²) in [6.45, 7) is 3.02.